The molecule has 1 unspecified atom stereocenters. The summed E-state index contributed by atoms with van der Waals surface area (Å²) in [6, 6.07) is 0. The Labute approximate surface area is 112 Å². The Morgan fingerprint density at radius 3 is 3.00 bits per heavy atom. The Morgan fingerprint density at radius 1 is 1.42 bits per heavy atom. The zero-order chi connectivity index (χ0) is 13.2. The molecule has 0 bridgehead atoms. The van der Waals surface area contributed by atoms with E-state index in [-0.39, 0.29) is 6.10 Å². The topological polar surface area (TPSA) is 64.9 Å². The van der Waals surface area contributed by atoms with Crippen molar-refractivity contribution in [3.05, 3.63) is 17.8 Å². The summed E-state index contributed by atoms with van der Waals surface area (Å²) in [7, 11) is 0. The van der Waals surface area contributed by atoms with Crippen molar-refractivity contribution in [1.82, 2.24) is 24.8 Å². The highest BCUT2D eigenvalue weighted by molar-refractivity contribution is 5.56. The lowest BCUT2D eigenvalue weighted by atomic mass is 10.1. The molecule has 6 nitrogen and oxygen atoms in total. The fraction of sp³-hybridized carbons (Fsp3) is 0.615. The van der Waals surface area contributed by atoms with E-state index in [1.165, 1.54) is 0 Å². The number of nitrogens with zero attached hydrogens (tertiary/aromatic N) is 4. The molecule has 0 saturated carbocycles. The zero-order valence-electron chi connectivity index (χ0n) is 11.4. The van der Waals surface area contributed by atoms with E-state index < -0.39 is 0 Å². The van der Waals surface area contributed by atoms with Crippen molar-refractivity contribution in [2.75, 3.05) is 19.7 Å². The average Bonchev–Trinajstić information content (AvgIpc) is 2.91. The lowest BCUT2D eigenvalue weighted by molar-refractivity contribution is 0.0250. The van der Waals surface area contributed by atoms with Gasteiger partial charge in [-0.25, -0.2) is 15.0 Å². The summed E-state index contributed by atoms with van der Waals surface area (Å²) in [6.45, 7) is 7.39. The van der Waals surface area contributed by atoms with Crippen LogP contribution in [-0.2, 0) is 17.7 Å². The van der Waals surface area contributed by atoms with Crippen LogP contribution in [0.3, 0.4) is 0 Å². The average molecular weight is 261 g/mol. The van der Waals surface area contributed by atoms with Gasteiger partial charge in [0.2, 0.25) is 0 Å². The number of nitrogens with one attached hydrogen (secondary N) is 1. The molecule has 1 atom stereocenters. The normalized spacial score (nSPS) is 20.0. The van der Waals surface area contributed by atoms with Crippen molar-refractivity contribution in [2.45, 2.75) is 32.9 Å². The molecule has 0 spiro atoms. The van der Waals surface area contributed by atoms with Crippen LogP contribution in [0.15, 0.2) is 6.33 Å². The van der Waals surface area contributed by atoms with E-state index in [4.69, 9.17) is 4.74 Å². The van der Waals surface area contributed by atoms with Crippen molar-refractivity contribution in [3.63, 3.8) is 0 Å². The first-order valence-electron chi connectivity index (χ1n) is 6.87. The van der Waals surface area contributed by atoms with Crippen molar-refractivity contribution >= 4 is 0 Å². The molecule has 6 heteroatoms. The summed E-state index contributed by atoms with van der Waals surface area (Å²) in [5.41, 5.74) is 1.79. The maximum atomic E-state index is 5.79. The number of ether oxygens (including phenoxy) is 1. The molecular weight excluding hydrogens is 242 g/mol. The Balaban J connectivity index is 2.06. The Morgan fingerprint density at radius 2 is 2.32 bits per heavy atom. The van der Waals surface area contributed by atoms with Crippen LogP contribution >= 0.6 is 0 Å². The van der Waals surface area contributed by atoms with Crippen LogP contribution in [0.2, 0.25) is 0 Å². The molecule has 0 aromatic rings. The van der Waals surface area contributed by atoms with Crippen molar-refractivity contribution in [2.24, 2.45) is 0 Å². The number of fused-ring (bicyclic) bond motifs is 1. The van der Waals surface area contributed by atoms with Gasteiger partial charge in [0.1, 0.15) is 23.3 Å². The number of hydrogen-bond acceptors (Lipinski definition) is 5. The highest BCUT2D eigenvalue weighted by atomic mass is 16.5. The van der Waals surface area contributed by atoms with Crippen LogP contribution in [0.1, 0.15) is 31.5 Å². The molecule has 3 heterocycles. The zero-order valence-corrected chi connectivity index (χ0v) is 11.4. The molecule has 0 radical (unpaired) electrons. The van der Waals surface area contributed by atoms with E-state index >= 15 is 0 Å². The summed E-state index contributed by atoms with van der Waals surface area (Å²) < 4.78 is 7.82. The fourth-order valence-electron chi connectivity index (χ4n) is 2.37. The molecule has 102 valence electrons. The quantitative estimate of drug-likeness (QED) is 0.893. The molecule has 1 saturated heterocycles. The molecule has 1 N–H and O–H groups in total. The minimum atomic E-state index is -0.0239. The van der Waals surface area contributed by atoms with Crippen molar-refractivity contribution < 1.29 is 4.74 Å². The smallest absolute Gasteiger partial charge is 0.163 e. The monoisotopic (exact) mass is 261 g/mol. The standard InChI is InChI=1S/C13H19N5O/c1-3-10-16-12-11(9-7-14-5-6-19-9)15-8-18(4-2)13(12)17-10/h8-9,14H,3-7H2,1-2H3. The highest BCUT2D eigenvalue weighted by Gasteiger charge is 2.26. The van der Waals surface area contributed by atoms with Gasteiger partial charge in [-0.1, -0.05) is 6.92 Å². The largest absolute Gasteiger partial charge is 0.369 e. The van der Waals surface area contributed by atoms with Gasteiger partial charge in [-0.3, -0.25) is 0 Å². The third-order valence-electron chi connectivity index (χ3n) is 3.43. The molecule has 3 aliphatic rings. The molecule has 19 heavy (non-hydrogen) atoms. The molecule has 0 aromatic carbocycles. The predicted molar refractivity (Wildman–Crippen MR) is 71.1 cm³/mol. The molecule has 0 aromatic heterocycles. The second-order valence-electron chi connectivity index (χ2n) is 4.64. The predicted octanol–water partition coefficient (Wildman–Crippen LogP) is 1.02. The van der Waals surface area contributed by atoms with E-state index in [2.05, 4.69) is 34.1 Å². The third kappa shape index (κ3) is 2.21. The van der Waals surface area contributed by atoms with Crippen LogP contribution in [0.25, 0.3) is 11.5 Å². The van der Waals surface area contributed by atoms with E-state index in [9.17, 15) is 0 Å². The minimum Gasteiger partial charge on any atom is -0.369 e. The van der Waals surface area contributed by atoms with Gasteiger partial charge in [0, 0.05) is 26.1 Å². The number of hydrogen-bond donors (Lipinski definition) is 1. The number of aryl methyl sites for hydroxylation is 2. The third-order valence-corrected chi connectivity index (χ3v) is 3.43. The second kappa shape index (κ2) is 5.22. The first-order valence-corrected chi connectivity index (χ1v) is 6.87. The first-order chi connectivity index (χ1) is 9.33. The molecule has 0 amide bonds. The van der Waals surface area contributed by atoms with Gasteiger partial charge >= 0.3 is 0 Å². The molecule has 0 aliphatic carbocycles. The maximum Gasteiger partial charge on any atom is 0.163 e. The van der Waals surface area contributed by atoms with Crippen LogP contribution in [0.4, 0.5) is 0 Å². The van der Waals surface area contributed by atoms with Crippen molar-refractivity contribution in [3.8, 4) is 11.5 Å². The molecule has 3 rings (SSSR count). The van der Waals surface area contributed by atoms with Crippen LogP contribution in [-0.4, -0.2) is 39.2 Å². The summed E-state index contributed by atoms with van der Waals surface area (Å²) in [6.07, 6.45) is 2.65. The van der Waals surface area contributed by atoms with Gasteiger partial charge < -0.3 is 14.6 Å². The number of imidazole rings is 1. The number of rotatable bonds is 3. The fourth-order valence-corrected chi connectivity index (χ4v) is 2.37. The van der Waals surface area contributed by atoms with Gasteiger partial charge in [0.25, 0.3) is 0 Å². The highest BCUT2D eigenvalue weighted by Crippen LogP contribution is 2.28. The Bertz CT molecular complexity index is 532. The Hall–Kier alpha value is -1.53. The van der Waals surface area contributed by atoms with Gasteiger partial charge in [-0.05, 0) is 6.92 Å². The van der Waals surface area contributed by atoms with E-state index in [0.29, 0.717) is 6.61 Å². The van der Waals surface area contributed by atoms with Gasteiger partial charge in [-0.2, -0.15) is 0 Å². The number of morpholine rings is 1. The minimum absolute atomic E-state index is 0.0239. The van der Waals surface area contributed by atoms with Gasteiger partial charge in [0.05, 0.1) is 12.9 Å². The van der Waals surface area contributed by atoms with Crippen LogP contribution in [0.5, 0.6) is 0 Å². The first kappa shape index (κ1) is 12.5. The van der Waals surface area contributed by atoms with E-state index in [1.54, 1.807) is 0 Å². The maximum absolute atomic E-state index is 5.79. The molecule has 3 aliphatic heterocycles. The second-order valence-corrected chi connectivity index (χ2v) is 4.64. The summed E-state index contributed by atoms with van der Waals surface area (Å²) in [5.74, 6) is 1.79. The lowest BCUT2D eigenvalue weighted by Crippen LogP contribution is -2.34. The molecular formula is C13H19N5O. The summed E-state index contributed by atoms with van der Waals surface area (Å²) >= 11 is 0. The van der Waals surface area contributed by atoms with Gasteiger partial charge in [0.15, 0.2) is 5.82 Å². The molecule has 1 fully saturated rings. The summed E-state index contributed by atoms with van der Waals surface area (Å²) in [5, 5.41) is 3.33. The van der Waals surface area contributed by atoms with Crippen LogP contribution in [0, 0.1) is 0 Å². The van der Waals surface area contributed by atoms with E-state index in [1.807, 2.05) is 10.9 Å². The lowest BCUT2D eigenvalue weighted by Gasteiger charge is -2.24. The Kier molecular flexibility index (Phi) is 3.44. The summed E-state index contributed by atoms with van der Waals surface area (Å²) in [4.78, 5) is 13.8. The number of aromatic nitrogens is 4. The van der Waals surface area contributed by atoms with Gasteiger partial charge in [-0.15, -0.1) is 0 Å². The van der Waals surface area contributed by atoms with Crippen LogP contribution < -0.4 is 5.32 Å². The van der Waals surface area contributed by atoms with Crippen molar-refractivity contribution in [1.29, 1.82) is 0 Å². The van der Waals surface area contributed by atoms with E-state index in [0.717, 1.165) is 49.1 Å². The SMILES string of the molecule is CCc1nc2c(C3CNCCO3)ncn(CC)c-2n1.